The summed E-state index contributed by atoms with van der Waals surface area (Å²) in [6.07, 6.45) is 8.52. The van der Waals surface area contributed by atoms with Crippen LogP contribution < -0.4 is 0 Å². The molecule has 0 unspecified atom stereocenters. The van der Waals surface area contributed by atoms with Gasteiger partial charge in [-0.3, -0.25) is 4.79 Å². The van der Waals surface area contributed by atoms with E-state index in [1.54, 1.807) is 7.11 Å². The molecule has 0 aromatic heterocycles. The minimum atomic E-state index is 0.289. The maximum atomic E-state index is 12.1. The summed E-state index contributed by atoms with van der Waals surface area (Å²) in [6.45, 7) is 2.13. The third kappa shape index (κ3) is 6.19. The fraction of sp³-hybridized carbons (Fsp3) is 0.929. The summed E-state index contributed by atoms with van der Waals surface area (Å²) in [5.41, 5.74) is 0. The molecule has 1 saturated carbocycles. The number of nitrogens with zero attached hydrogens (tertiary/aromatic N) is 1. The smallest absolute Gasteiger partial charge is 0.222 e. The fourth-order valence-electron chi connectivity index (χ4n) is 2.63. The van der Waals surface area contributed by atoms with Crippen LogP contribution in [0, 0.1) is 5.92 Å². The van der Waals surface area contributed by atoms with Crippen molar-refractivity contribution in [3.63, 3.8) is 0 Å². The lowest BCUT2D eigenvalue weighted by Gasteiger charge is -2.24. The highest BCUT2D eigenvalue weighted by Gasteiger charge is 2.17. The largest absolute Gasteiger partial charge is 0.383 e. The standard InChI is InChI=1S/C14H26BrNO2/c1-18-12-11-16(10-9-15)14(17)8-7-13-5-3-2-4-6-13/h13H,2-12H2,1H3. The lowest BCUT2D eigenvalue weighted by atomic mass is 9.86. The van der Waals surface area contributed by atoms with Crippen molar-refractivity contribution in [2.45, 2.75) is 44.9 Å². The molecule has 0 spiro atoms. The highest BCUT2D eigenvalue weighted by atomic mass is 79.9. The highest BCUT2D eigenvalue weighted by molar-refractivity contribution is 9.09. The Morgan fingerprint density at radius 3 is 2.61 bits per heavy atom. The molecule has 0 aromatic carbocycles. The zero-order chi connectivity index (χ0) is 13.2. The summed E-state index contributed by atoms with van der Waals surface area (Å²) in [5.74, 6) is 1.08. The summed E-state index contributed by atoms with van der Waals surface area (Å²) in [7, 11) is 1.68. The second-order valence-electron chi connectivity index (χ2n) is 5.11. The fourth-order valence-corrected chi connectivity index (χ4v) is 3.05. The van der Waals surface area contributed by atoms with E-state index in [0.29, 0.717) is 19.6 Å². The van der Waals surface area contributed by atoms with Gasteiger partial charge < -0.3 is 9.64 Å². The number of carbonyl (C=O) groups is 1. The molecule has 0 radical (unpaired) electrons. The maximum absolute atomic E-state index is 12.1. The number of ether oxygens (including phenoxy) is 1. The first-order chi connectivity index (χ1) is 8.77. The first-order valence-corrected chi connectivity index (χ1v) is 8.22. The minimum Gasteiger partial charge on any atom is -0.383 e. The van der Waals surface area contributed by atoms with Crippen molar-refractivity contribution in [3.05, 3.63) is 0 Å². The average Bonchev–Trinajstić information content (AvgIpc) is 2.42. The van der Waals surface area contributed by atoms with Gasteiger partial charge in [-0.25, -0.2) is 0 Å². The van der Waals surface area contributed by atoms with Gasteiger partial charge in [0.25, 0.3) is 0 Å². The van der Waals surface area contributed by atoms with Crippen LogP contribution in [0.15, 0.2) is 0 Å². The van der Waals surface area contributed by atoms with Crippen LogP contribution >= 0.6 is 15.9 Å². The molecule has 106 valence electrons. The molecule has 1 fully saturated rings. The first-order valence-electron chi connectivity index (χ1n) is 7.10. The molecule has 3 nitrogen and oxygen atoms in total. The Labute approximate surface area is 119 Å². The molecule has 0 bridgehead atoms. The van der Waals surface area contributed by atoms with Crippen molar-refractivity contribution in [2.75, 3.05) is 32.1 Å². The van der Waals surface area contributed by atoms with E-state index in [2.05, 4.69) is 15.9 Å². The topological polar surface area (TPSA) is 29.5 Å². The number of amides is 1. The Kier molecular flexibility index (Phi) is 8.68. The van der Waals surface area contributed by atoms with Crippen LogP contribution in [0.5, 0.6) is 0 Å². The number of hydrogen-bond acceptors (Lipinski definition) is 2. The molecular weight excluding hydrogens is 294 g/mol. The molecule has 1 aliphatic carbocycles. The van der Waals surface area contributed by atoms with Gasteiger partial charge in [-0.1, -0.05) is 48.0 Å². The van der Waals surface area contributed by atoms with Crippen LogP contribution in [0.1, 0.15) is 44.9 Å². The molecule has 0 N–H and O–H groups in total. The van der Waals surface area contributed by atoms with Gasteiger partial charge in [0.1, 0.15) is 0 Å². The lowest BCUT2D eigenvalue weighted by molar-refractivity contribution is -0.131. The number of alkyl halides is 1. The molecule has 4 heteroatoms. The Hall–Kier alpha value is -0.0900. The van der Waals surface area contributed by atoms with E-state index in [-0.39, 0.29) is 5.91 Å². The van der Waals surface area contributed by atoms with Crippen molar-refractivity contribution in [1.82, 2.24) is 4.90 Å². The summed E-state index contributed by atoms with van der Waals surface area (Å²) in [4.78, 5) is 14.0. The zero-order valence-corrected chi connectivity index (χ0v) is 13.1. The lowest BCUT2D eigenvalue weighted by Crippen LogP contribution is -2.35. The third-order valence-corrected chi connectivity index (χ3v) is 4.12. The predicted octanol–water partition coefficient (Wildman–Crippen LogP) is 3.22. The normalized spacial score (nSPS) is 16.8. The van der Waals surface area contributed by atoms with Crippen molar-refractivity contribution in [3.8, 4) is 0 Å². The van der Waals surface area contributed by atoms with E-state index in [4.69, 9.17) is 4.74 Å². The molecule has 1 amide bonds. The average molecular weight is 320 g/mol. The molecule has 18 heavy (non-hydrogen) atoms. The molecular formula is C14H26BrNO2. The van der Waals surface area contributed by atoms with Crippen molar-refractivity contribution in [2.24, 2.45) is 5.92 Å². The SMILES string of the molecule is COCCN(CCBr)C(=O)CCC1CCCCC1. The second kappa shape index (κ2) is 9.79. The van der Waals surface area contributed by atoms with Crippen molar-refractivity contribution >= 4 is 21.8 Å². The van der Waals surface area contributed by atoms with Crippen LogP contribution in [0.3, 0.4) is 0 Å². The molecule has 1 rings (SSSR count). The van der Waals surface area contributed by atoms with Gasteiger partial charge >= 0.3 is 0 Å². The number of halogens is 1. The van der Waals surface area contributed by atoms with Crippen LogP contribution in [0.2, 0.25) is 0 Å². The quantitative estimate of drug-likeness (QED) is 0.643. The molecule has 0 saturated heterocycles. The molecule has 0 heterocycles. The van der Waals surface area contributed by atoms with Gasteiger partial charge in [0, 0.05) is 32.0 Å². The van der Waals surface area contributed by atoms with E-state index in [1.165, 1.54) is 32.1 Å². The van der Waals surface area contributed by atoms with E-state index < -0.39 is 0 Å². The second-order valence-corrected chi connectivity index (χ2v) is 5.90. The van der Waals surface area contributed by atoms with Gasteiger partial charge in [-0.15, -0.1) is 0 Å². The van der Waals surface area contributed by atoms with E-state index >= 15 is 0 Å². The maximum Gasteiger partial charge on any atom is 0.222 e. The van der Waals surface area contributed by atoms with Gasteiger partial charge in [-0.2, -0.15) is 0 Å². The summed E-state index contributed by atoms with van der Waals surface area (Å²) >= 11 is 3.40. The van der Waals surface area contributed by atoms with Gasteiger partial charge in [0.2, 0.25) is 5.91 Å². The zero-order valence-electron chi connectivity index (χ0n) is 11.5. The van der Waals surface area contributed by atoms with Crippen molar-refractivity contribution < 1.29 is 9.53 Å². The van der Waals surface area contributed by atoms with Crippen LogP contribution in [0.25, 0.3) is 0 Å². The van der Waals surface area contributed by atoms with Gasteiger partial charge in [0.05, 0.1) is 6.61 Å². The van der Waals surface area contributed by atoms with E-state index in [0.717, 1.165) is 24.2 Å². The monoisotopic (exact) mass is 319 g/mol. The number of methoxy groups -OCH3 is 1. The Morgan fingerprint density at radius 1 is 1.28 bits per heavy atom. The highest BCUT2D eigenvalue weighted by Crippen LogP contribution is 2.27. The first kappa shape index (κ1) is 16.0. The Balaban J connectivity index is 2.26. The summed E-state index contributed by atoms with van der Waals surface area (Å²) in [5, 5.41) is 0.839. The Morgan fingerprint density at radius 2 is 2.00 bits per heavy atom. The molecule has 1 aliphatic rings. The number of carbonyl (C=O) groups excluding carboxylic acids is 1. The predicted molar refractivity (Wildman–Crippen MR) is 78.1 cm³/mol. The Bertz CT molecular complexity index is 230. The van der Waals surface area contributed by atoms with E-state index in [9.17, 15) is 4.79 Å². The van der Waals surface area contributed by atoms with Crippen LogP contribution in [0.4, 0.5) is 0 Å². The number of rotatable bonds is 8. The van der Waals surface area contributed by atoms with Crippen molar-refractivity contribution in [1.29, 1.82) is 0 Å². The number of hydrogen-bond donors (Lipinski definition) is 0. The minimum absolute atomic E-state index is 0.289. The molecule has 0 atom stereocenters. The van der Waals surface area contributed by atoms with Gasteiger partial charge in [-0.05, 0) is 12.3 Å². The third-order valence-electron chi connectivity index (χ3n) is 3.76. The van der Waals surface area contributed by atoms with E-state index in [1.807, 2.05) is 4.90 Å². The summed E-state index contributed by atoms with van der Waals surface area (Å²) in [6, 6.07) is 0. The molecule has 0 aromatic rings. The van der Waals surface area contributed by atoms with Crippen LogP contribution in [-0.2, 0) is 9.53 Å². The van der Waals surface area contributed by atoms with Crippen LogP contribution in [-0.4, -0.2) is 42.9 Å². The summed E-state index contributed by atoms with van der Waals surface area (Å²) < 4.78 is 5.05. The van der Waals surface area contributed by atoms with Gasteiger partial charge in [0.15, 0.2) is 0 Å². The molecule has 0 aliphatic heterocycles.